The summed E-state index contributed by atoms with van der Waals surface area (Å²) in [6.45, 7) is 1.40. The number of carbonyl (C=O) groups is 2. The number of rotatable bonds is 7. The second-order valence-electron chi connectivity index (χ2n) is 4.97. The van der Waals surface area contributed by atoms with E-state index in [1.54, 1.807) is 18.2 Å². The smallest absolute Gasteiger partial charge is 0.344 e. The molecule has 0 aliphatic rings. The number of hydrogen-bond donors (Lipinski definition) is 1. The third-order valence-corrected chi connectivity index (χ3v) is 3.68. The quantitative estimate of drug-likeness (QED) is 0.732. The predicted molar refractivity (Wildman–Crippen MR) is 95.0 cm³/mol. The van der Waals surface area contributed by atoms with E-state index < -0.39 is 5.97 Å². The molecule has 0 aromatic heterocycles. The van der Waals surface area contributed by atoms with Crippen molar-refractivity contribution in [2.75, 3.05) is 18.5 Å². The molecule has 0 unspecified atom stereocenters. The van der Waals surface area contributed by atoms with Gasteiger partial charge in [-0.2, -0.15) is 0 Å². The van der Waals surface area contributed by atoms with E-state index in [0.717, 1.165) is 22.1 Å². The van der Waals surface area contributed by atoms with Crippen LogP contribution in [0.15, 0.2) is 53.0 Å². The molecule has 0 bridgehead atoms. The van der Waals surface area contributed by atoms with Crippen molar-refractivity contribution in [3.63, 3.8) is 0 Å². The number of nitrogens with one attached hydrogen (secondary N) is 1. The van der Waals surface area contributed by atoms with E-state index in [1.165, 1.54) is 0 Å². The molecule has 1 N–H and O–H groups in total. The van der Waals surface area contributed by atoms with Crippen molar-refractivity contribution < 1.29 is 19.1 Å². The number of carbonyl (C=O) groups excluding carboxylic acids is 2. The SMILES string of the molecule is CCc1ccccc1NC(=O)COC(=O)COc1cccc(Br)c1. The van der Waals surface area contributed by atoms with Crippen LogP contribution in [0.4, 0.5) is 5.69 Å². The summed E-state index contributed by atoms with van der Waals surface area (Å²) in [6.07, 6.45) is 0.802. The van der Waals surface area contributed by atoms with Gasteiger partial charge in [-0.05, 0) is 36.2 Å². The number of hydrogen-bond acceptors (Lipinski definition) is 4. The summed E-state index contributed by atoms with van der Waals surface area (Å²) in [5.41, 5.74) is 1.75. The van der Waals surface area contributed by atoms with E-state index in [9.17, 15) is 9.59 Å². The zero-order chi connectivity index (χ0) is 17.4. The van der Waals surface area contributed by atoms with E-state index >= 15 is 0 Å². The summed E-state index contributed by atoms with van der Waals surface area (Å²) in [6, 6.07) is 14.6. The molecule has 6 heteroatoms. The minimum atomic E-state index is -0.603. The van der Waals surface area contributed by atoms with Gasteiger partial charge in [-0.25, -0.2) is 4.79 Å². The zero-order valence-corrected chi connectivity index (χ0v) is 14.8. The number of anilines is 1. The number of para-hydroxylation sites is 1. The van der Waals surface area contributed by atoms with Crippen LogP contribution in [0, 0.1) is 0 Å². The van der Waals surface area contributed by atoms with Crippen molar-refractivity contribution in [1.82, 2.24) is 0 Å². The van der Waals surface area contributed by atoms with E-state index in [2.05, 4.69) is 21.2 Å². The van der Waals surface area contributed by atoms with Crippen LogP contribution in [0.25, 0.3) is 0 Å². The van der Waals surface area contributed by atoms with Gasteiger partial charge in [0, 0.05) is 10.2 Å². The van der Waals surface area contributed by atoms with Gasteiger partial charge in [-0.15, -0.1) is 0 Å². The van der Waals surface area contributed by atoms with E-state index in [4.69, 9.17) is 9.47 Å². The van der Waals surface area contributed by atoms with Gasteiger partial charge >= 0.3 is 5.97 Å². The summed E-state index contributed by atoms with van der Waals surface area (Å²) in [7, 11) is 0. The van der Waals surface area contributed by atoms with Crippen molar-refractivity contribution >= 4 is 33.5 Å². The van der Waals surface area contributed by atoms with Crippen LogP contribution in [-0.4, -0.2) is 25.1 Å². The third kappa shape index (κ3) is 5.70. The molecule has 0 saturated carbocycles. The van der Waals surface area contributed by atoms with Gasteiger partial charge in [0.25, 0.3) is 5.91 Å². The molecule has 2 aromatic rings. The first-order chi connectivity index (χ1) is 11.6. The van der Waals surface area contributed by atoms with Gasteiger partial charge < -0.3 is 14.8 Å². The lowest BCUT2D eigenvalue weighted by molar-refractivity contribution is -0.149. The Bertz CT molecular complexity index is 718. The molecule has 5 nitrogen and oxygen atoms in total. The lowest BCUT2D eigenvalue weighted by Gasteiger charge is -2.10. The van der Waals surface area contributed by atoms with Crippen LogP contribution in [0.5, 0.6) is 5.75 Å². The van der Waals surface area contributed by atoms with Crippen molar-refractivity contribution in [1.29, 1.82) is 0 Å². The Morgan fingerprint density at radius 3 is 2.62 bits per heavy atom. The van der Waals surface area contributed by atoms with Crippen LogP contribution >= 0.6 is 15.9 Å². The Morgan fingerprint density at radius 2 is 1.88 bits per heavy atom. The first-order valence-electron chi connectivity index (χ1n) is 7.50. The number of amides is 1. The van der Waals surface area contributed by atoms with Crippen LogP contribution in [0.2, 0.25) is 0 Å². The normalized spacial score (nSPS) is 10.1. The molecule has 0 radical (unpaired) electrons. The molecule has 2 rings (SSSR count). The number of halogens is 1. The molecule has 126 valence electrons. The van der Waals surface area contributed by atoms with Crippen LogP contribution in [0.1, 0.15) is 12.5 Å². The maximum Gasteiger partial charge on any atom is 0.344 e. The fourth-order valence-electron chi connectivity index (χ4n) is 2.02. The lowest BCUT2D eigenvalue weighted by Crippen LogP contribution is -2.24. The summed E-state index contributed by atoms with van der Waals surface area (Å²) in [4.78, 5) is 23.5. The molecule has 1 amide bonds. The molecule has 0 spiro atoms. The summed E-state index contributed by atoms with van der Waals surface area (Å²) >= 11 is 3.31. The van der Waals surface area contributed by atoms with Gasteiger partial charge in [0.15, 0.2) is 13.2 Å². The summed E-state index contributed by atoms with van der Waals surface area (Å²) in [5.74, 6) is -0.441. The molecule has 0 aliphatic carbocycles. The number of benzene rings is 2. The third-order valence-electron chi connectivity index (χ3n) is 3.19. The average molecular weight is 392 g/mol. The molecule has 0 saturated heterocycles. The fraction of sp³-hybridized carbons (Fsp3) is 0.222. The second-order valence-corrected chi connectivity index (χ2v) is 5.88. The molecular weight excluding hydrogens is 374 g/mol. The van der Waals surface area contributed by atoms with Crippen LogP contribution in [-0.2, 0) is 20.7 Å². The highest BCUT2D eigenvalue weighted by Gasteiger charge is 2.10. The van der Waals surface area contributed by atoms with Gasteiger partial charge in [0.2, 0.25) is 0 Å². The van der Waals surface area contributed by atoms with Crippen molar-refractivity contribution in [2.45, 2.75) is 13.3 Å². The molecular formula is C18H18BrNO4. The van der Waals surface area contributed by atoms with Crippen molar-refractivity contribution in [3.8, 4) is 5.75 Å². The first kappa shape index (κ1) is 18.0. The maximum atomic E-state index is 11.9. The molecule has 0 atom stereocenters. The van der Waals surface area contributed by atoms with Gasteiger partial charge in [-0.1, -0.05) is 47.1 Å². The number of ether oxygens (including phenoxy) is 2. The number of aryl methyl sites for hydroxylation is 1. The van der Waals surface area contributed by atoms with Crippen molar-refractivity contribution in [3.05, 3.63) is 58.6 Å². The van der Waals surface area contributed by atoms with Gasteiger partial charge in [0.1, 0.15) is 5.75 Å². The minimum absolute atomic E-state index is 0.255. The summed E-state index contributed by atoms with van der Waals surface area (Å²) in [5, 5.41) is 2.73. The maximum absolute atomic E-state index is 11.9. The van der Waals surface area contributed by atoms with Gasteiger partial charge in [-0.3, -0.25) is 4.79 Å². The Labute approximate surface area is 149 Å². The van der Waals surface area contributed by atoms with E-state index in [0.29, 0.717) is 5.75 Å². The van der Waals surface area contributed by atoms with Crippen LogP contribution < -0.4 is 10.1 Å². The Kier molecular flexibility index (Phi) is 6.81. The average Bonchev–Trinajstić information content (AvgIpc) is 2.58. The van der Waals surface area contributed by atoms with E-state index in [1.807, 2.05) is 37.3 Å². The summed E-state index contributed by atoms with van der Waals surface area (Å²) < 4.78 is 11.1. The Hall–Kier alpha value is -2.34. The zero-order valence-electron chi connectivity index (χ0n) is 13.3. The second kappa shape index (κ2) is 9.08. The highest BCUT2D eigenvalue weighted by atomic mass is 79.9. The largest absolute Gasteiger partial charge is 0.482 e. The van der Waals surface area contributed by atoms with E-state index in [-0.39, 0.29) is 19.1 Å². The lowest BCUT2D eigenvalue weighted by atomic mass is 10.1. The Morgan fingerprint density at radius 1 is 1.08 bits per heavy atom. The van der Waals surface area contributed by atoms with Crippen molar-refractivity contribution in [2.24, 2.45) is 0 Å². The highest BCUT2D eigenvalue weighted by molar-refractivity contribution is 9.10. The van der Waals surface area contributed by atoms with Gasteiger partial charge in [0.05, 0.1) is 0 Å². The monoisotopic (exact) mass is 391 g/mol. The topological polar surface area (TPSA) is 64.6 Å². The molecule has 24 heavy (non-hydrogen) atoms. The fourth-order valence-corrected chi connectivity index (χ4v) is 2.40. The molecule has 2 aromatic carbocycles. The highest BCUT2D eigenvalue weighted by Crippen LogP contribution is 2.17. The van der Waals surface area contributed by atoms with Crippen LogP contribution in [0.3, 0.4) is 0 Å². The predicted octanol–water partition coefficient (Wildman–Crippen LogP) is 3.57. The molecule has 0 aliphatic heterocycles. The number of esters is 1. The molecule has 0 fully saturated rings. The molecule has 0 heterocycles. The first-order valence-corrected chi connectivity index (χ1v) is 8.29. The standard InChI is InChI=1S/C18H18BrNO4/c1-2-13-6-3-4-9-16(13)20-17(21)11-24-18(22)12-23-15-8-5-7-14(19)10-15/h3-10H,2,11-12H2,1H3,(H,20,21). The Balaban J connectivity index is 1.76. The minimum Gasteiger partial charge on any atom is -0.482 e.